The lowest BCUT2D eigenvalue weighted by atomic mass is 10.2. The Morgan fingerprint density at radius 3 is 2.70 bits per heavy atom. The van der Waals surface area contributed by atoms with Crippen LogP contribution in [0.5, 0.6) is 5.75 Å². The fourth-order valence-electron chi connectivity index (χ4n) is 1.92. The number of nitriles is 1. The van der Waals surface area contributed by atoms with E-state index in [1.807, 2.05) is 24.3 Å². The number of ether oxygens (including phenoxy) is 1. The van der Waals surface area contributed by atoms with Gasteiger partial charge in [-0.1, -0.05) is 31.0 Å². The molecule has 0 atom stereocenters. The lowest BCUT2D eigenvalue weighted by Gasteiger charge is -2.03. The van der Waals surface area contributed by atoms with Crippen molar-refractivity contribution in [3.05, 3.63) is 45.4 Å². The van der Waals surface area contributed by atoms with E-state index in [9.17, 15) is 0 Å². The molecule has 0 aliphatic heterocycles. The second kappa shape index (κ2) is 7.06. The minimum Gasteiger partial charge on any atom is -0.486 e. The molecule has 1 aromatic carbocycles. The molecule has 2 rings (SSSR count). The lowest BCUT2D eigenvalue weighted by molar-refractivity contribution is 0.305. The van der Waals surface area contributed by atoms with Gasteiger partial charge in [-0.15, -0.1) is 11.3 Å². The summed E-state index contributed by atoms with van der Waals surface area (Å²) in [5.41, 5.74) is 2.27. The third kappa shape index (κ3) is 3.82. The highest BCUT2D eigenvalue weighted by atomic mass is 32.1. The molecule has 0 bridgehead atoms. The molecule has 2 aromatic rings. The highest BCUT2D eigenvalue weighted by molar-refractivity contribution is 7.11. The predicted octanol–water partition coefficient (Wildman–Crippen LogP) is 4.05. The van der Waals surface area contributed by atoms with E-state index < -0.39 is 0 Å². The van der Waals surface area contributed by atoms with Crippen LogP contribution >= 0.6 is 11.3 Å². The second-order valence-electron chi connectivity index (χ2n) is 4.66. The van der Waals surface area contributed by atoms with Gasteiger partial charge in [-0.2, -0.15) is 5.26 Å². The van der Waals surface area contributed by atoms with Crippen molar-refractivity contribution in [3.8, 4) is 11.8 Å². The van der Waals surface area contributed by atoms with Gasteiger partial charge in [-0.05, 0) is 25.5 Å². The highest BCUT2D eigenvalue weighted by Crippen LogP contribution is 2.22. The number of hydrogen-bond donors (Lipinski definition) is 0. The summed E-state index contributed by atoms with van der Waals surface area (Å²) < 4.78 is 5.74. The molecule has 1 heterocycles. The first-order valence-electron chi connectivity index (χ1n) is 6.76. The van der Waals surface area contributed by atoms with Gasteiger partial charge in [0.1, 0.15) is 17.4 Å². The van der Waals surface area contributed by atoms with Gasteiger partial charge < -0.3 is 4.74 Å². The maximum Gasteiger partial charge on any atom is 0.140 e. The van der Waals surface area contributed by atoms with E-state index in [0.717, 1.165) is 34.2 Å². The zero-order chi connectivity index (χ0) is 14.4. The molecule has 0 N–H and O–H groups in total. The van der Waals surface area contributed by atoms with Gasteiger partial charge >= 0.3 is 0 Å². The van der Waals surface area contributed by atoms with Crippen LogP contribution < -0.4 is 4.74 Å². The number of nitrogens with zero attached hydrogens (tertiary/aromatic N) is 2. The topological polar surface area (TPSA) is 45.9 Å². The molecule has 0 aliphatic carbocycles. The van der Waals surface area contributed by atoms with E-state index in [1.165, 1.54) is 5.56 Å². The molecule has 0 saturated heterocycles. The average Bonchev–Trinajstić information content (AvgIpc) is 2.82. The van der Waals surface area contributed by atoms with E-state index >= 15 is 0 Å². The van der Waals surface area contributed by atoms with Crippen LogP contribution in [-0.4, -0.2) is 4.98 Å². The summed E-state index contributed by atoms with van der Waals surface area (Å²) in [5.74, 6) is 0.852. The van der Waals surface area contributed by atoms with Crippen LogP contribution in [0.25, 0.3) is 0 Å². The molecule has 1 aromatic heterocycles. The zero-order valence-corrected chi connectivity index (χ0v) is 12.7. The second-order valence-corrected chi connectivity index (χ2v) is 5.83. The summed E-state index contributed by atoms with van der Waals surface area (Å²) in [6.45, 7) is 4.64. The van der Waals surface area contributed by atoms with Gasteiger partial charge in [-0.25, -0.2) is 4.98 Å². The molecule has 0 saturated carbocycles. The fourth-order valence-corrected chi connectivity index (χ4v) is 2.88. The molecule has 0 fully saturated rings. The minimum absolute atomic E-state index is 0.442. The van der Waals surface area contributed by atoms with Crippen molar-refractivity contribution in [2.75, 3.05) is 0 Å². The zero-order valence-electron chi connectivity index (χ0n) is 11.8. The Balaban J connectivity index is 2.04. The Morgan fingerprint density at radius 2 is 2.05 bits per heavy atom. The summed E-state index contributed by atoms with van der Waals surface area (Å²) >= 11 is 1.59. The normalized spacial score (nSPS) is 10.2. The van der Waals surface area contributed by atoms with Crippen molar-refractivity contribution in [1.29, 1.82) is 5.26 Å². The Kier molecular flexibility index (Phi) is 5.14. The number of aromatic nitrogens is 1. The molecule has 4 heteroatoms. The van der Waals surface area contributed by atoms with Gasteiger partial charge in [0.15, 0.2) is 0 Å². The first-order chi connectivity index (χ1) is 9.72. The van der Waals surface area contributed by atoms with Crippen molar-refractivity contribution >= 4 is 11.3 Å². The quantitative estimate of drug-likeness (QED) is 0.804. The number of aryl methyl sites for hydroxylation is 2. The summed E-state index contributed by atoms with van der Waals surface area (Å²) in [5, 5.41) is 9.80. The molecule has 3 nitrogen and oxygen atoms in total. The minimum atomic E-state index is 0.442. The summed E-state index contributed by atoms with van der Waals surface area (Å²) in [4.78, 5) is 5.67. The molecule has 0 amide bonds. The van der Waals surface area contributed by atoms with Crippen LogP contribution in [-0.2, 0) is 19.4 Å². The van der Waals surface area contributed by atoms with E-state index in [-0.39, 0.29) is 0 Å². The van der Waals surface area contributed by atoms with Crippen LogP contribution in [0.1, 0.15) is 34.5 Å². The largest absolute Gasteiger partial charge is 0.486 e. The van der Waals surface area contributed by atoms with Crippen molar-refractivity contribution in [3.63, 3.8) is 0 Å². The maximum absolute atomic E-state index is 8.85. The summed E-state index contributed by atoms with van der Waals surface area (Å²) in [6, 6.07) is 10.2. The average molecular weight is 286 g/mol. The lowest BCUT2D eigenvalue weighted by Crippen LogP contribution is -1.95. The van der Waals surface area contributed by atoms with Crippen LogP contribution in [0.3, 0.4) is 0 Å². The van der Waals surface area contributed by atoms with Crippen LogP contribution in [0.15, 0.2) is 24.3 Å². The third-order valence-corrected chi connectivity index (χ3v) is 4.00. The molecular weight excluding hydrogens is 268 g/mol. The predicted molar refractivity (Wildman–Crippen MR) is 80.9 cm³/mol. The van der Waals surface area contributed by atoms with Crippen LogP contribution in [0.4, 0.5) is 0 Å². The van der Waals surface area contributed by atoms with E-state index in [2.05, 4.69) is 24.9 Å². The molecule has 0 spiro atoms. The number of benzene rings is 1. The van der Waals surface area contributed by atoms with Gasteiger partial charge in [0.05, 0.1) is 18.2 Å². The monoisotopic (exact) mass is 286 g/mol. The molecule has 0 unspecified atom stereocenters. The van der Waals surface area contributed by atoms with Crippen molar-refractivity contribution < 1.29 is 4.74 Å². The number of thiazole rings is 1. The smallest absolute Gasteiger partial charge is 0.140 e. The van der Waals surface area contributed by atoms with E-state index in [0.29, 0.717) is 13.0 Å². The summed E-state index contributed by atoms with van der Waals surface area (Å²) in [6.07, 6.45) is 2.41. The highest BCUT2D eigenvalue weighted by Gasteiger charge is 2.10. The van der Waals surface area contributed by atoms with Gasteiger partial charge in [-0.3, -0.25) is 0 Å². The first kappa shape index (κ1) is 14.5. The molecular formula is C16H18N2OS. The van der Waals surface area contributed by atoms with Gasteiger partial charge in [0.25, 0.3) is 0 Å². The first-order valence-corrected chi connectivity index (χ1v) is 7.58. The Morgan fingerprint density at radius 1 is 1.30 bits per heavy atom. The Labute approximate surface area is 123 Å². The standard InChI is InChI=1S/C16H18N2OS/c1-3-4-14-15(9-10-17)20-16(18-14)11-19-13-7-5-12(2)6-8-13/h5-8H,3-4,9,11H2,1-2H3. The maximum atomic E-state index is 8.85. The van der Waals surface area contributed by atoms with Crippen molar-refractivity contribution in [2.45, 2.75) is 39.7 Å². The van der Waals surface area contributed by atoms with E-state index in [1.54, 1.807) is 11.3 Å². The Bertz CT molecular complexity index is 596. The number of rotatable bonds is 6. The molecule has 0 aliphatic rings. The molecule has 0 radical (unpaired) electrons. The van der Waals surface area contributed by atoms with Crippen molar-refractivity contribution in [2.24, 2.45) is 0 Å². The number of hydrogen-bond acceptors (Lipinski definition) is 4. The van der Waals surface area contributed by atoms with Gasteiger partial charge in [0, 0.05) is 4.88 Å². The SMILES string of the molecule is CCCc1nc(COc2ccc(C)cc2)sc1CC#N. The molecule has 20 heavy (non-hydrogen) atoms. The van der Waals surface area contributed by atoms with Gasteiger partial charge in [0.2, 0.25) is 0 Å². The van der Waals surface area contributed by atoms with Crippen LogP contribution in [0.2, 0.25) is 0 Å². The van der Waals surface area contributed by atoms with Crippen molar-refractivity contribution in [1.82, 2.24) is 4.98 Å². The summed E-state index contributed by atoms with van der Waals surface area (Å²) in [7, 11) is 0. The van der Waals surface area contributed by atoms with Crippen LogP contribution in [0, 0.1) is 18.3 Å². The Hall–Kier alpha value is -1.86. The molecule has 104 valence electrons. The fraction of sp³-hybridized carbons (Fsp3) is 0.375. The van der Waals surface area contributed by atoms with E-state index in [4.69, 9.17) is 10.00 Å². The third-order valence-electron chi connectivity index (χ3n) is 2.93.